The van der Waals surface area contributed by atoms with Crippen LogP contribution in [0.25, 0.3) is 0 Å². The maximum absolute atomic E-state index is 10.4. The topological polar surface area (TPSA) is 57.5 Å². The highest BCUT2D eigenvalue weighted by atomic mass is 127. The Morgan fingerprint density at radius 3 is 2.67 bits per heavy atom. The molecular formula is C8H7IO3. The monoisotopic (exact) mass is 278 g/mol. The van der Waals surface area contributed by atoms with Crippen LogP contribution in [-0.2, 0) is 6.61 Å². The van der Waals surface area contributed by atoms with Crippen molar-refractivity contribution in [2.75, 3.05) is 0 Å². The quantitative estimate of drug-likeness (QED) is 0.633. The molecule has 0 amide bonds. The second-order valence-electron chi connectivity index (χ2n) is 2.25. The molecule has 0 atom stereocenters. The molecule has 0 heterocycles. The lowest BCUT2D eigenvalue weighted by molar-refractivity contribution is 0.112. The van der Waals surface area contributed by atoms with Crippen LogP contribution in [0.2, 0.25) is 0 Å². The van der Waals surface area contributed by atoms with Crippen LogP contribution in [-0.4, -0.2) is 16.5 Å². The number of hydrogen-bond acceptors (Lipinski definition) is 3. The molecule has 1 aromatic carbocycles. The van der Waals surface area contributed by atoms with E-state index in [9.17, 15) is 9.90 Å². The largest absolute Gasteiger partial charge is 0.506 e. The molecule has 0 saturated heterocycles. The SMILES string of the molecule is O=Cc1ccc(CO)c(O)c1I. The van der Waals surface area contributed by atoms with E-state index in [1.165, 1.54) is 6.07 Å². The minimum atomic E-state index is -0.221. The van der Waals surface area contributed by atoms with Gasteiger partial charge in [0, 0.05) is 11.1 Å². The number of aromatic hydroxyl groups is 1. The van der Waals surface area contributed by atoms with Crippen molar-refractivity contribution in [1.29, 1.82) is 0 Å². The molecule has 0 unspecified atom stereocenters. The molecule has 64 valence electrons. The maximum atomic E-state index is 10.4. The lowest BCUT2D eigenvalue weighted by Gasteiger charge is -2.04. The highest BCUT2D eigenvalue weighted by Crippen LogP contribution is 2.26. The molecule has 1 rings (SSSR count). The number of benzene rings is 1. The summed E-state index contributed by atoms with van der Waals surface area (Å²) < 4.78 is 0.481. The third-order valence-electron chi connectivity index (χ3n) is 1.53. The fraction of sp³-hybridized carbons (Fsp3) is 0.125. The summed E-state index contributed by atoms with van der Waals surface area (Å²) in [6.45, 7) is -0.221. The van der Waals surface area contributed by atoms with E-state index in [0.717, 1.165) is 0 Å². The van der Waals surface area contributed by atoms with Crippen molar-refractivity contribution < 1.29 is 15.0 Å². The van der Waals surface area contributed by atoms with Gasteiger partial charge in [0.05, 0.1) is 10.2 Å². The second kappa shape index (κ2) is 3.86. The summed E-state index contributed by atoms with van der Waals surface area (Å²) in [6, 6.07) is 3.10. The van der Waals surface area contributed by atoms with Crippen molar-refractivity contribution >= 4 is 28.9 Å². The Hall–Kier alpha value is -0.620. The molecule has 0 bridgehead atoms. The zero-order valence-corrected chi connectivity index (χ0v) is 8.28. The number of aliphatic hydroxyl groups excluding tert-OH is 1. The highest BCUT2D eigenvalue weighted by Gasteiger charge is 2.08. The van der Waals surface area contributed by atoms with Gasteiger partial charge in [-0.3, -0.25) is 4.79 Å². The molecular weight excluding hydrogens is 271 g/mol. The van der Waals surface area contributed by atoms with Crippen molar-refractivity contribution in [2.45, 2.75) is 6.61 Å². The van der Waals surface area contributed by atoms with Gasteiger partial charge in [0.15, 0.2) is 6.29 Å². The van der Waals surface area contributed by atoms with Crippen LogP contribution in [0, 0.1) is 3.57 Å². The van der Waals surface area contributed by atoms with Gasteiger partial charge in [-0.25, -0.2) is 0 Å². The summed E-state index contributed by atoms with van der Waals surface area (Å²) in [5.74, 6) is -0.0114. The maximum Gasteiger partial charge on any atom is 0.151 e. The summed E-state index contributed by atoms with van der Waals surface area (Å²) in [6.07, 6.45) is 0.669. The first kappa shape index (κ1) is 9.47. The molecule has 3 nitrogen and oxygen atoms in total. The molecule has 0 fully saturated rings. The molecule has 2 N–H and O–H groups in total. The van der Waals surface area contributed by atoms with Gasteiger partial charge in [0.25, 0.3) is 0 Å². The minimum absolute atomic E-state index is 0.0114. The fourth-order valence-corrected chi connectivity index (χ4v) is 1.49. The van der Waals surface area contributed by atoms with E-state index >= 15 is 0 Å². The average Bonchev–Trinajstić information content (AvgIpc) is 2.10. The number of carbonyl (C=O) groups excluding carboxylic acids is 1. The van der Waals surface area contributed by atoms with Crippen LogP contribution >= 0.6 is 22.6 Å². The Kier molecular flexibility index (Phi) is 3.05. The van der Waals surface area contributed by atoms with Gasteiger partial charge in [-0.05, 0) is 28.7 Å². The molecule has 1 aromatic rings. The molecule has 0 aliphatic carbocycles. The molecule has 0 radical (unpaired) electrons. The zero-order chi connectivity index (χ0) is 9.14. The van der Waals surface area contributed by atoms with Gasteiger partial charge in [-0.15, -0.1) is 0 Å². The normalized spacial score (nSPS) is 9.83. The van der Waals surface area contributed by atoms with Gasteiger partial charge in [0.1, 0.15) is 5.75 Å². The summed E-state index contributed by atoms with van der Waals surface area (Å²) in [7, 11) is 0. The Morgan fingerprint density at radius 2 is 2.17 bits per heavy atom. The van der Waals surface area contributed by atoms with Crippen molar-refractivity contribution in [3.63, 3.8) is 0 Å². The van der Waals surface area contributed by atoms with E-state index in [-0.39, 0.29) is 12.4 Å². The van der Waals surface area contributed by atoms with Gasteiger partial charge >= 0.3 is 0 Å². The number of phenols is 1. The Morgan fingerprint density at radius 1 is 1.50 bits per heavy atom. The smallest absolute Gasteiger partial charge is 0.151 e. The van der Waals surface area contributed by atoms with Crippen molar-refractivity contribution in [3.05, 3.63) is 26.8 Å². The van der Waals surface area contributed by atoms with Crippen LogP contribution in [0.15, 0.2) is 12.1 Å². The number of aldehydes is 1. The number of aliphatic hydroxyl groups is 1. The molecule has 0 spiro atoms. The number of carbonyl (C=O) groups is 1. The van der Waals surface area contributed by atoms with E-state index < -0.39 is 0 Å². The first-order chi connectivity index (χ1) is 5.70. The van der Waals surface area contributed by atoms with Gasteiger partial charge in [-0.1, -0.05) is 6.07 Å². The zero-order valence-electron chi connectivity index (χ0n) is 6.12. The first-order valence-corrected chi connectivity index (χ1v) is 4.35. The molecule has 0 aliphatic heterocycles. The van der Waals surface area contributed by atoms with E-state index in [0.29, 0.717) is 21.0 Å². The van der Waals surface area contributed by atoms with Crippen LogP contribution in [0.5, 0.6) is 5.75 Å². The first-order valence-electron chi connectivity index (χ1n) is 3.27. The van der Waals surface area contributed by atoms with E-state index in [4.69, 9.17) is 5.11 Å². The average molecular weight is 278 g/mol. The van der Waals surface area contributed by atoms with Crippen LogP contribution in [0.1, 0.15) is 15.9 Å². The molecule has 4 heteroatoms. The van der Waals surface area contributed by atoms with Gasteiger partial charge in [-0.2, -0.15) is 0 Å². The Labute approximate surface area is 83.2 Å². The lowest BCUT2D eigenvalue weighted by atomic mass is 10.1. The Balaban J connectivity index is 3.29. The highest BCUT2D eigenvalue weighted by molar-refractivity contribution is 14.1. The van der Waals surface area contributed by atoms with Gasteiger partial charge < -0.3 is 10.2 Å². The van der Waals surface area contributed by atoms with E-state index in [1.807, 2.05) is 22.6 Å². The van der Waals surface area contributed by atoms with Crippen LogP contribution in [0.3, 0.4) is 0 Å². The standard InChI is InChI=1S/C8H7IO3/c9-7-5(3-10)1-2-6(4-11)8(7)12/h1-3,11-12H,4H2. The summed E-state index contributed by atoms with van der Waals surface area (Å²) in [5, 5.41) is 18.1. The number of halogens is 1. The minimum Gasteiger partial charge on any atom is -0.506 e. The van der Waals surface area contributed by atoms with Crippen molar-refractivity contribution in [3.8, 4) is 5.75 Å². The summed E-state index contributed by atoms with van der Waals surface area (Å²) in [4.78, 5) is 10.4. The molecule has 0 aromatic heterocycles. The van der Waals surface area contributed by atoms with Crippen molar-refractivity contribution in [2.24, 2.45) is 0 Å². The molecule has 0 saturated carbocycles. The predicted molar refractivity (Wildman–Crippen MR) is 52.1 cm³/mol. The predicted octanol–water partition coefficient (Wildman–Crippen LogP) is 1.30. The summed E-state index contributed by atoms with van der Waals surface area (Å²) >= 11 is 1.86. The third-order valence-corrected chi connectivity index (χ3v) is 2.66. The lowest BCUT2D eigenvalue weighted by Crippen LogP contribution is -1.91. The van der Waals surface area contributed by atoms with Crippen molar-refractivity contribution in [1.82, 2.24) is 0 Å². The summed E-state index contributed by atoms with van der Waals surface area (Å²) in [5.41, 5.74) is 0.871. The van der Waals surface area contributed by atoms with Gasteiger partial charge in [0.2, 0.25) is 0 Å². The van der Waals surface area contributed by atoms with E-state index in [2.05, 4.69) is 0 Å². The fourth-order valence-electron chi connectivity index (χ4n) is 0.839. The second-order valence-corrected chi connectivity index (χ2v) is 3.33. The molecule has 12 heavy (non-hydrogen) atoms. The van der Waals surface area contributed by atoms with Crippen LogP contribution in [0.4, 0.5) is 0 Å². The Bertz CT molecular complexity index is 309. The van der Waals surface area contributed by atoms with Crippen LogP contribution < -0.4 is 0 Å². The molecule has 0 aliphatic rings. The third kappa shape index (κ3) is 1.59. The van der Waals surface area contributed by atoms with E-state index in [1.54, 1.807) is 6.07 Å². The number of rotatable bonds is 2. The number of hydrogen-bond donors (Lipinski definition) is 2.